The van der Waals surface area contributed by atoms with Crippen molar-refractivity contribution in [3.05, 3.63) is 24.3 Å². The molecule has 1 aromatic carbocycles. The highest BCUT2D eigenvalue weighted by molar-refractivity contribution is 5.96. The predicted molar refractivity (Wildman–Crippen MR) is 70.0 cm³/mol. The number of carbonyl (C=O) groups excluding carboxylic acids is 1. The Morgan fingerprint density at radius 1 is 1.41 bits per heavy atom. The number of nitrogen functional groups attached to an aromatic ring is 1. The van der Waals surface area contributed by atoms with Crippen LogP contribution in [0.15, 0.2) is 24.3 Å². The van der Waals surface area contributed by atoms with Crippen molar-refractivity contribution in [1.82, 2.24) is 0 Å². The summed E-state index contributed by atoms with van der Waals surface area (Å²) in [5.74, 6) is 0.0478. The van der Waals surface area contributed by atoms with E-state index in [-0.39, 0.29) is 5.91 Å². The first kappa shape index (κ1) is 13.5. The zero-order valence-electron chi connectivity index (χ0n) is 10.5. The minimum Gasteiger partial charge on any atom is -0.397 e. The summed E-state index contributed by atoms with van der Waals surface area (Å²) in [7, 11) is 1.59. The van der Waals surface area contributed by atoms with Gasteiger partial charge in [0.05, 0.1) is 24.4 Å². The molecule has 4 heteroatoms. The molecule has 0 spiro atoms. The lowest BCUT2D eigenvalue weighted by Crippen LogP contribution is -2.32. The zero-order chi connectivity index (χ0) is 12.7. The SMILES string of the molecule is CCCN(C(=O)CCOC)c1ccccc1N. The van der Waals surface area contributed by atoms with Crippen LogP contribution in [0.5, 0.6) is 0 Å². The molecule has 0 unspecified atom stereocenters. The molecule has 0 aliphatic rings. The van der Waals surface area contributed by atoms with Crippen molar-refractivity contribution in [1.29, 1.82) is 0 Å². The average Bonchev–Trinajstić information content (AvgIpc) is 2.34. The van der Waals surface area contributed by atoms with E-state index in [0.29, 0.717) is 25.3 Å². The summed E-state index contributed by atoms with van der Waals surface area (Å²) in [5, 5.41) is 0. The summed E-state index contributed by atoms with van der Waals surface area (Å²) >= 11 is 0. The van der Waals surface area contributed by atoms with Crippen molar-refractivity contribution in [2.24, 2.45) is 0 Å². The first-order chi connectivity index (χ1) is 8.20. The number of para-hydroxylation sites is 2. The Morgan fingerprint density at radius 2 is 2.12 bits per heavy atom. The predicted octanol–water partition coefficient (Wildman–Crippen LogP) is 2.05. The minimum absolute atomic E-state index is 0.0478. The summed E-state index contributed by atoms with van der Waals surface area (Å²) < 4.78 is 4.93. The number of hydrogen-bond acceptors (Lipinski definition) is 3. The number of carbonyl (C=O) groups is 1. The van der Waals surface area contributed by atoms with Crippen LogP contribution >= 0.6 is 0 Å². The van der Waals surface area contributed by atoms with Gasteiger partial charge in [0.25, 0.3) is 0 Å². The van der Waals surface area contributed by atoms with Gasteiger partial charge >= 0.3 is 0 Å². The number of methoxy groups -OCH3 is 1. The van der Waals surface area contributed by atoms with Gasteiger partial charge in [0.2, 0.25) is 5.91 Å². The van der Waals surface area contributed by atoms with E-state index < -0.39 is 0 Å². The van der Waals surface area contributed by atoms with E-state index in [1.54, 1.807) is 12.0 Å². The van der Waals surface area contributed by atoms with E-state index in [2.05, 4.69) is 0 Å². The summed E-state index contributed by atoms with van der Waals surface area (Å²) in [4.78, 5) is 13.8. The number of anilines is 2. The summed E-state index contributed by atoms with van der Waals surface area (Å²) in [6.45, 7) is 3.15. The van der Waals surface area contributed by atoms with E-state index in [0.717, 1.165) is 12.1 Å². The molecule has 1 amide bonds. The summed E-state index contributed by atoms with van der Waals surface area (Å²) in [5.41, 5.74) is 7.31. The maximum Gasteiger partial charge on any atom is 0.229 e. The molecular formula is C13H20N2O2. The van der Waals surface area contributed by atoms with E-state index in [9.17, 15) is 4.79 Å². The van der Waals surface area contributed by atoms with Crippen LogP contribution < -0.4 is 10.6 Å². The molecule has 4 nitrogen and oxygen atoms in total. The number of nitrogens with two attached hydrogens (primary N) is 1. The Labute approximate surface area is 102 Å². The highest BCUT2D eigenvalue weighted by atomic mass is 16.5. The summed E-state index contributed by atoms with van der Waals surface area (Å²) in [6.07, 6.45) is 1.28. The van der Waals surface area contributed by atoms with E-state index >= 15 is 0 Å². The standard InChI is InChI=1S/C13H20N2O2/c1-3-9-15(13(16)8-10-17-2)12-7-5-4-6-11(12)14/h4-7H,3,8-10,14H2,1-2H3. The number of nitrogens with zero attached hydrogens (tertiary/aromatic N) is 1. The number of amides is 1. The highest BCUT2D eigenvalue weighted by Gasteiger charge is 2.16. The maximum absolute atomic E-state index is 12.0. The molecule has 0 heterocycles. The second-order valence-corrected chi connectivity index (χ2v) is 3.85. The van der Waals surface area contributed by atoms with Gasteiger partial charge in [-0.15, -0.1) is 0 Å². The van der Waals surface area contributed by atoms with Crippen molar-refractivity contribution in [3.8, 4) is 0 Å². The first-order valence-corrected chi connectivity index (χ1v) is 5.84. The molecule has 1 aromatic rings. The molecule has 0 radical (unpaired) electrons. The van der Waals surface area contributed by atoms with Crippen LogP contribution in [0, 0.1) is 0 Å². The molecule has 2 N–H and O–H groups in total. The minimum atomic E-state index is 0.0478. The fourth-order valence-electron chi connectivity index (χ4n) is 1.66. The molecule has 17 heavy (non-hydrogen) atoms. The van der Waals surface area contributed by atoms with Gasteiger partial charge < -0.3 is 15.4 Å². The van der Waals surface area contributed by atoms with Gasteiger partial charge in [-0.2, -0.15) is 0 Å². The molecule has 1 rings (SSSR count). The Bertz CT molecular complexity index is 366. The molecule has 0 saturated heterocycles. The van der Waals surface area contributed by atoms with Crippen molar-refractivity contribution in [2.75, 3.05) is 30.9 Å². The Balaban J connectivity index is 2.85. The van der Waals surface area contributed by atoms with Crippen LogP contribution in [-0.4, -0.2) is 26.2 Å². The Morgan fingerprint density at radius 3 is 2.71 bits per heavy atom. The fourth-order valence-corrected chi connectivity index (χ4v) is 1.66. The van der Waals surface area contributed by atoms with Crippen molar-refractivity contribution >= 4 is 17.3 Å². The average molecular weight is 236 g/mol. The second kappa shape index (κ2) is 6.91. The largest absolute Gasteiger partial charge is 0.397 e. The molecule has 0 aliphatic heterocycles. The molecule has 0 saturated carbocycles. The van der Waals surface area contributed by atoms with Gasteiger partial charge in [-0.1, -0.05) is 19.1 Å². The third kappa shape index (κ3) is 3.75. The van der Waals surface area contributed by atoms with E-state index in [1.807, 2.05) is 31.2 Å². The van der Waals surface area contributed by atoms with Crippen molar-refractivity contribution in [2.45, 2.75) is 19.8 Å². The van der Waals surface area contributed by atoms with Crippen LogP contribution in [-0.2, 0) is 9.53 Å². The van der Waals surface area contributed by atoms with E-state index in [1.165, 1.54) is 0 Å². The van der Waals surface area contributed by atoms with Crippen molar-refractivity contribution in [3.63, 3.8) is 0 Å². The van der Waals surface area contributed by atoms with E-state index in [4.69, 9.17) is 10.5 Å². The molecule has 0 aliphatic carbocycles. The third-order valence-corrected chi connectivity index (χ3v) is 2.50. The molecule has 0 aromatic heterocycles. The zero-order valence-corrected chi connectivity index (χ0v) is 10.5. The number of benzene rings is 1. The Hall–Kier alpha value is -1.55. The van der Waals surface area contributed by atoms with Gasteiger partial charge in [0, 0.05) is 13.7 Å². The second-order valence-electron chi connectivity index (χ2n) is 3.85. The van der Waals surface area contributed by atoms with Gasteiger partial charge in [-0.3, -0.25) is 4.79 Å². The van der Waals surface area contributed by atoms with Crippen LogP contribution in [0.25, 0.3) is 0 Å². The topological polar surface area (TPSA) is 55.6 Å². The van der Waals surface area contributed by atoms with Crippen LogP contribution in [0.2, 0.25) is 0 Å². The fraction of sp³-hybridized carbons (Fsp3) is 0.462. The van der Waals surface area contributed by atoms with Gasteiger partial charge in [0.1, 0.15) is 0 Å². The van der Waals surface area contributed by atoms with Gasteiger partial charge in [-0.25, -0.2) is 0 Å². The first-order valence-electron chi connectivity index (χ1n) is 5.84. The molecular weight excluding hydrogens is 216 g/mol. The summed E-state index contributed by atoms with van der Waals surface area (Å²) in [6, 6.07) is 7.43. The van der Waals surface area contributed by atoms with Crippen LogP contribution in [0.3, 0.4) is 0 Å². The maximum atomic E-state index is 12.0. The lowest BCUT2D eigenvalue weighted by Gasteiger charge is -2.23. The van der Waals surface area contributed by atoms with Gasteiger partial charge in [0.15, 0.2) is 0 Å². The molecule has 0 atom stereocenters. The Kier molecular flexibility index (Phi) is 5.49. The van der Waals surface area contributed by atoms with Crippen molar-refractivity contribution < 1.29 is 9.53 Å². The quantitative estimate of drug-likeness (QED) is 0.769. The number of rotatable bonds is 6. The number of hydrogen-bond donors (Lipinski definition) is 1. The molecule has 94 valence electrons. The lowest BCUT2D eigenvalue weighted by molar-refractivity contribution is -0.119. The number of ether oxygens (including phenoxy) is 1. The molecule has 0 fully saturated rings. The third-order valence-electron chi connectivity index (χ3n) is 2.50. The van der Waals surface area contributed by atoms with Crippen LogP contribution in [0.1, 0.15) is 19.8 Å². The molecule has 0 bridgehead atoms. The monoisotopic (exact) mass is 236 g/mol. The smallest absolute Gasteiger partial charge is 0.229 e. The highest BCUT2D eigenvalue weighted by Crippen LogP contribution is 2.23. The normalized spacial score (nSPS) is 10.2. The lowest BCUT2D eigenvalue weighted by atomic mass is 10.2. The van der Waals surface area contributed by atoms with Gasteiger partial charge in [-0.05, 0) is 18.6 Å². The van der Waals surface area contributed by atoms with Crippen LogP contribution in [0.4, 0.5) is 11.4 Å².